The molecule has 0 unspecified atom stereocenters. The Balaban J connectivity index is 1.31. The zero-order valence-corrected chi connectivity index (χ0v) is 21.1. The van der Waals surface area contributed by atoms with Crippen LogP contribution in [0.2, 0.25) is 0 Å². The van der Waals surface area contributed by atoms with E-state index in [1.165, 1.54) is 25.4 Å². The number of alkyl halides is 2. The van der Waals surface area contributed by atoms with E-state index in [-0.39, 0.29) is 41.1 Å². The number of aromatic nitrogens is 5. The molecule has 1 aromatic carbocycles. The molecule has 1 aliphatic heterocycles. The number of nitrogens with two attached hydrogens (primary N) is 1. The molecule has 3 N–H and O–H groups in total. The van der Waals surface area contributed by atoms with Crippen LogP contribution in [0.25, 0.3) is 11.0 Å². The Morgan fingerprint density at radius 2 is 1.95 bits per heavy atom. The third-order valence-electron chi connectivity index (χ3n) is 6.88. The van der Waals surface area contributed by atoms with E-state index in [1.807, 2.05) is 0 Å². The lowest BCUT2D eigenvalue weighted by Gasteiger charge is -2.34. The third-order valence-corrected chi connectivity index (χ3v) is 8.19. The van der Waals surface area contributed by atoms with E-state index in [4.69, 9.17) is 10.5 Å². The molecule has 4 aromatic rings. The van der Waals surface area contributed by atoms with Crippen molar-refractivity contribution in [2.45, 2.75) is 36.7 Å². The fourth-order valence-electron chi connectivity index (χ4n) is 4.90. The van der Waals surface area contributed by atoms with Gasteiger partial charge in [-0.15, -0.1) is 0 Å². The number of nitrogens with zero attached hydrogens (tertiary/aromatic N) is 6. The number of hydrogen-bond donors (Lipinski definition) is 2. The minimum atomic E-state index is -2.69. The number of fused-ring (bicyclic) bond motifs is 2. The van der Waals surface area contributed by atoms with Crippen LogP contribution in [0.3, 0.4) is 0 Å². The lowest BCUT2D eigenvalue weighted by molar-refractivity contribution is 0.123. The minimum absolute atomic E-state index is 0.0794. The predicted molar refractivity (Wildman–Crippen MR) is 137 cm³/mol. The Bertz CT molecular complexity index is 1610. The highest BCUT2D eigenvalue weighted by atomic mass is 32.2. The van der Waals surface area contributed by atoms with Crippen LogP contribution in [0.5, 0.6) is 5.88 Å². The van der Waals surface area contributed by atoms with Gasteiger partial charge in [0.25, 0.3) is 6.43 Å². The summed E-state index contributed by atoms with van der Waals surface area (Å²) in [4.78, 5) is 25.5. The summed E-state index contributed by atoms with van der Waals surface area (Å²) in [7, 11) is 0. The molecule has 200 valence electrons. The molecule has 0 saturated heterocycles. The van der Waals surface area contributed by atoms with Gasteiger partial charge < -0.3 is 15.8 Å². The summed E-state index contributed by atoms with van der Waals surface area (Å²) in [5.74, 6) is -2.14. The number of nitrogens with one attached hydrogen (secondary N) is 1. The van der Waals surface area contributed by atoms with Crippen LogP contribution >= 0.6 is 11.8 Å². The van der Waals surface area contributed by atoms with Crippen molar-refractivity contribution in [3.63, 3.8) is 0 Å². The normalized spacial score (nSPS) is 23.8. The van der Waals surface area contributed by atoms with Crippen molar-refractivity contribution in [1.29, 1.82) is 0 Å². The summed E-state index contributed by atoms with van der Waals surface area (Å²) in [5.41, 5.74) is 5.12. The quantitative estimate of drug-likeness (QED) is 0.311. The van der Waals surface area contributed by atoms with Gasteiger partial charge >= 0.3 is 0 Å². The molecule has 2 aliphatic rings. The molecule has 1 fully saturated rings. The van der Waals surface area contributed by atoms with Crippen LogP contribution < -0.4 is 15.8 Å². The van der Waals surface area contributed by atoms with Gasteiger partial charge in [0.05, 0.1) is 22.0 Å². The maximum atomic E-state index is 15.1. The summed E-state index contributed by atoms with van der Waals surface area (Å²) in [6.07, 6.45) is 3.44. The van der Waals surface area contributed by atoms with Crippen molar-refractivity contribution in [2.75, 3.05) is 5.32 Å². The number of anilines is 2. The second kappa shape index (κ2) is 9.29. The molecular formula is C25H20F4N8OS. The minimum Gasteiger partial charge on any atom is -0.468 e. The molecule has 39 heavy (non-hydrogen) atoms. The lowest BCUT2D eigenvalue weighted by Crippen LogP contribution is -2.39. The van der Waals surface area contributed by atoms with E-state index >= 15 is 4.39 Å². The first-order valence-corrected chi connectivity index (χ1v) is 12.6. The van der Waals surface area contributed by atoms with Gasteiger partial charge in [0, 0.05) is 41.8 Å². The number of amidine groups is 1. The van der Waals surface area contributed by atoms with Crippen LogP contribution in [-0.2, 0) is 12.1 Å². The second-order valence-electron chi connectivity index (χ2n) is 9.35. The maximum Gasteiger partial charge on any atom is 0.253 e. The van der Waals surface area contributed by atoms with Crippen molar-refractivity contribution < 1.29 is 22.3 Å². The Kier molecular flexibility index (Phi) is 6.01. The van der Waals surface area contributed by atoms with E-state index in [2.05, 4.69) is 35.2 Å². The number of halogens is 4. The molecule has 3 atom stereocenters. The standard InChI is InChI=1S/C25H20F4N8OS/c1-24(16-9-25(16,22(28)29)39-23(30)37-24)13-7-12(8-14(26)19(13)27)35-21-20-15(3-6-33-21)36-18(10-34-20)38-11-17-31-4-2-5-32-17/h2-8,10,16,22H,9,11H2,1H3,(H2,30,37)(H,33,35)/t16-,24+,25-/m0/s1. The summed E-state index contributed by atoms with van der Waals surface area (Å²) >= 11 is 0.793. The highest BCUT2D eigenvalue weighted by molar-refractivity contribution is 8.15. The van der Waals surface area contributed by atoms with Crippen LogP contribution in [0.1, 0.15) is 24.7 Å². The fourth-order valence-corrected chi connectivity index (χ4v) is 6.24. The summed E-state index contributed by atoms with van der Waals surface area (Å²) in [6.45, 7) is 1.59. The van der Waals surface area contributed by atoms with Crippen molar-refractivity contribution >= 4 is 39.5 Å². The van der Waals surface area contributed by atoms with Gasteiger partial charge in [-0.25, -0.2) is 42.5 Å². The predicted octanol–water partition coefficient (Wildman–Crippen LogP) is 4.72. The first-order chi connectivity index (χ1) is 18.7. The molecule has 0 spiro atoms. The molecule has 9 nitrogen and oxygen atoms in total. The Morgan fingerprint density at radius 3 is 2.72 bits per heavy atom. The number of hydrogen-bond acceptors (Lipinski definition) is 10. The smallest absolute Gasteiger partial charge is 0.253 e. The molecule has 0 amide bonds. The van der Waals surface area contributed by atoms with Gasteiger partial charge in [0.2, 0.25) is 5.88 Å². The Hall–Kier alpha value is -4.07. The molecule has 4 heterocycles. The van der Waals surface area contributed by atoms with Crippen molar-refractivity contribution in [1.82, 2.24) is 24.9 Å². The van der Waals surface area contributed by atoms with Crippen molar-refractivity contribution in [3.8, 4) is 5.88 Å². The van der Waals surface area contributed by atoms with Gasteiger partial charge in [-0.2, -0.15) is 0 Å². The monoisotopic (exact) mass is 556 g/mol. The van der Waals surface area contributed by atoms with E-state index in [1.54, 1.807) is 24.5 Å². The Labute approximate surface area is 223 Å². The molecule has 14 heteroatoms. The van der Waals surface area contributed by atoms with Crippen LogP contribution in [0.15, 0.2) is 54.0 Å². The fraction of sp³-hybridized carbons (Fsp3) is 0.280. The molecule has 1 aliphatic carbocycles. The van der Waals surface area contributed by atoms with Gasteiger partial charge in [-0.05, 0) is 31.5 Å². The number of thioether (sulfide) groups is 1. The maximum absolute atomic E-state index is 15.1. The third kappa shape index (κ3) is 4.37. The molecule has 1 saturated carbocycles. The van der Waals surface area contributed by atoms with Gasteiger partial charge in [-0.3, -0.25) is 4.99 Å². The van der Waals surface area contributed by atoms with E-state index in [0.29, 0.717) is 16.9 Å². The van der Waals surface area contributed by atoms with Crippen LogP contribution in [0.4, 0.5) is 29.1 Å². The topological polar surface area (TPSA) is 124 Å². The van der Waals surface area contributed by atoms with E-state index in [0.717, 1.165) is 17.8 Å². The summed E-state index contributed by atoms with van der Waals surface area (Å²) in [5, 5.41) is 2.86. The molecule has 6 rings (SSSR count). The lowest BCUT2D eigenvalue weighted by atomic mass is 9.85. The van der Waals surface area contributed by atoms with Gasteiger partial charge in [0.1, 0.15) is 12.1 Å². The van der Waals surface area contributed by atoms with Crippen LogP contribution in [-0.4, -0.2) is 41.3 Å². The highest BCUT2D eigenvalue weighted by Crippen LogP contribution is 2.68. The number of pyridine rings is 1. The number of rotatable bonds is 7. The summed E-state index contributed by atoms with van der Waals surface area (Å²) < 4.78 is 61.9. The molecule has 0 radical (unpaired) electrons. The largest absolute Gasteiger partial charge is 0.468 e. The zero-order valence-electron chi connectivity index (χ0n) is 20.3. The van der Waals surface area contributed by atoms with Gasteiger partial charge in [-0.1, -0.05) is 11.8 Å². The zero-order chi connectivity index (χ0) is 27.4. The Morgan fingerprint density at radius 1 is 1.15 bits per heavy atom. The summed E-state index contributed by atoms with van der Waals surface area (Å²) in [6, 6.07) is 5.60. The first-order valence-electron chi connectivity index (χ1n) is 11.8. The number of benzene rings is 1. The van der Waals surface area contributed by atoms with E-state index in [9.17, 15) is 13.2 Å². The molecule has 3 aromatic heterocycles. The molecular weight excluding hydrogens is 536 g/mol. The van der Waals surface area contributed by atoms with Crippen molar-refractivity contribution in [2.24, 2.45) is 16.6 Å². The van der Waals surface area contributed by atoms with Crippen LogP contribution in [0, 0.1) is 17.6 Å². The average molecular weight is 557 g/mol. The average Bonchev–Trinajstić information content (AvgIpc) is 3.67. The van der Waals surface area contributed by atoms with E-state index < -0.39 is 34.3 Å². The number of ether oxygens (including phenoxy) is 1. The number of aliphatic imine (C=N–C) groups is 1. The molecule has 0 bridgehead atoms. The highest BCUT2D eigenvalue weighted by Gasteiger charge is 2.71. The first kappa shape index (κ1) is 25.2. The van der Waals surface area contributed by atoms with Gasteiger partial charge in [0.15, 0.2) is 28.4 Å². The SMILES string of the molecule is C[C@]1(c2cc(Nc3nccc4nc(OCc5ncccn5)cnc34)cc(F)c2F)N=C(N)S[C@@]2(C(F)F)C[C@@H]12. The van der Waals surface area contributed by atoms with Crippen molar-refractivity contribution in [3.05, 3.63) is 72.1 Å². The second-order valence-corrected chi connectivity index (χ2v) is 10.7.